The molecule has 0 unspecified atom stereocenters. The van der Waals surface area contributed by atoms with Gasteiger partial charge in [0.25, 0.3) is 5.91 Å². The summed E-state index contributed by atoms with van der Waals surface area (Å²) in [5, 5.41) is 7.15. The number of amides is 1. The Labute approximate surface area is 172 Å². The zero-order valence-corrected chi connectivity index (χ0v) is 17.7. The first-order valence-corrected chi connectivity index (χ1v) is 11.6. The number of nitrogens with zero attached hydrogens (tertiary/aromatic N) is 3. The number of nitrogens with one attached hydrogen (secondary N) is 1. The van der Waals surface area contributed by atoms with Crippen molar-refractivity contribution < 1.29 is 4.79 Å². The smallest absolute Gasteiger partial charge is 0.269 e. The highest BCUT2D eigenvalue weighted by molar-refractivity contribution is 7.12. The van der Waals surface area contributed by atoms with Crippen molar-refractivity contribution in [3.63, 3.8) is 0 Å². The first-order chi connectivity index (χ1) is 13.7. The van der Waals surface area contributed by atoms with Gasteiger partial charge in [0.2, 0.25) is 0 Å². The third-order valence-electron chi connectivity index (χ3n) is 6.38. The number of piperidine rings is 1. The number of carbonyl (C=O) groups excluding carboxylic acids is 1. The first-order valence-electron chi connectivity index (χ1n) is 10.8. The molecule has 0 radical (unpaired) electrons. The lowest BCUT2D eigenvalue weighted by atomic mass is 9.88. The lowest BCUT2D eigenvalue weighted by Gasteiger charge is -2.31. The molecule has 2 aromatic heterocycles. The zero-order chi connectivity index (χ0) is 19.3. The van der Waals surface area contributed by atoms with Gasteiger partial charge in [0, 0.05) is 36.1 Å². The van der Waals surface area contributed by atoms with Crippen LogP contribution in [0.4, 0.5) is 0 Å². The van der Waals surface area contributed by atoms with Crippen molar-refractivity contribution in [2.24, 2.45) is 13.0 Å². The fraction of sp³-hybridized carbons (Fsp3) is 0.636. The Bertz CT molecular complexity index is 769. The number of aryl methyl sites for hydroxylation is 1. The van der Waals surface area contributed by atoms with Crippen molar-refractivity contribution in [2.45, 2.75) is 57.4 Å². The van der Waals surface area contributed by atoms with Crippen molar-refractivity contribution in [1.82, 2.24) is 20.0 Å². The second kappa shape index (κ2) is 9.23. The first kappa shape index (κ1) is 19.6. The zero-order valence-electron chi connectivity index (χ0n) is 16.9. The van der Waals surface area contributed by atoms with Crippen LogP contribution < -0.4 is 5.32 Å². The van der Waals surface area contributed by atoms with E-state index in [0.717, 1.165) is 44.9 Å². The number of aromatic nitrogens is 2. The van der Waals surface area contributed by atoms with Gasteiger partial charge in [-0.25, -0.2) is 0 Å². The number of thiophene rings is 1. The molecule has 1 aliphatic heterocycles. The lowest BCUT2D eigenvalue weighted by molar-refractivity contribution is 0.0926. The Hall–Kier alpha value is -1.66. The number of hydrogen-bond donors (Lipinski definition) is 1. The van der Waals surface area contributed by atoms with Crippen LogP contribution in [-0.2, 0) is 13.6 Å². The Morgan fingerprint density at radius 3 is 2.64 bits per heavy atom. The molecule has 4 rings (SSSR count). The quantitative estimate of drug-likeness (QED) is 0.792. The third kappa shape index (κ3) is 4.84. The van der Waals surface area contributed by atoms with Crippen LogP contribution >= 0.6 is 11.3 Å². The number of likely N-dealkylation sites (tertiary alicyclic amines) is 1. The topological polar surface area (TPSA) is 50.2 Å². The molecule has 2 fully saturated rings. The monoisotopic (exact) mass is 400 g/mol. The maximum Gasteiger partial charge on any atom is 0.269 e. The van der Waals surface area contributed by atoms with Gasteiger partial charge < -0.3 is 5.32 Å². The molecule has 0 atom stereocenters. The summed E-state index contributed by atoms with van der Waals surface area (Å²) in [6.07, 6.45) is 11.0. The van der Waals surface area contributed by atoms with Crippen LogP contribution in [0.3, 0.4) is 0 Å². The van der Waals surface area contributed by atoms with Gasteiger partial charge in [0.05, 0.1) is 0 Å². The Morgan fingerprint density at radius 1 is 1.14 bits per heavy atom. The Balaban J connectivity index is 1.20. The molecule has 1 N–H and O–H groups in total. The van der Waals surface area contributed by atoms with Crippen LogP contribution in [-0.4, -0.2) is 40.2 Å². The summed E-state index contributed by atoms with van der Waals surface area (Å²) in [6, 6.07) is 6.51. The number of carbonyl (C=O) groups is 1. The van der Waals surface area contributed by atoms with Crippen LogP contribution in [0, 0.1) is 5.92 Å². The van der Waals surface area contributed by atoms with Crippen molar-refractivity contribution in [1.29, 1.82) is 0 Å². The molecule has 3 heterocycles. The fourth-order valence-electron chi connectivity index (χ4n) is 4.58. The van der Waals surface area contributed by atoms with Crippen molar-refractivity contribution in [3.05, 3.63) is 39.8 Å². The largest absolute Gasteiger partial charge is 0.350 e. The number of rotatable bonds is 6. The number of hydrogen-bond acceptors (Lipinski definition) is 4. The molecule has 152 valence electrons. The summed E-state index contributed by atoms with van der Waals surface area (Å²) in [5.74, 6) is 1.38. The molecule has 28 heavy (non-hydrogen) atoms. The van der Waals surface area contributed by atoms with Crippen LogP contribution in [0.2, 0.25) is 0 Å². The molecule has 2 aromatic rings. The van der Waals surface area contributed by atoms with E-state index in [9.17, 15) is 4.79 Å². The average molecular weight is 401 g/mol. The van der Waals surface area contributed by atoms with E-state index in [4.69, 9.17) is 0 Å². The molecule has 2 aliphatic rings. The van der Waals surface area contributed by atoms with Gasteiger partial charge in [-0.05, 0) is 68.8 Å². The van der Waals surface area contributed by atoms with Gasteiger partial charge in [-0.2, -0.15) is 5.10 Å². The van der Waals surface area contributed by atoms with Gasteiger partial charge in [-0.3, -0.25) is 14.4 Å². The molecule has 1 saturated heterocycles. The van der Waals surface area contributed by atoms with Gasteiger partial charge in [0.15, 0.2) is 0 Å². The highest BCUT2D eigenvalue weighted by Crippen LogP contribution is 2.36. The molecule has 6 heteroatoms. The molecule has 0 spiro atoms. The van der Waals surface area contributed by atoms with Gasteiger partial charge in [0.1, 0.15) is 5.69 Å². The van der Waals surface area contributed by atoms with E-state index in [2.05, 4.69) is 27.4 Å². The summed E-state index contributed by atoms with van der Waals surface area (Å²) in [4.78, 5) is 17.9. The molecule has 0 aromatic carbocycles. The molecular formula is C22H32N4OS. The van der Waals surface area contributed by atoms with Crippen LogP contribution in [0.5, 0.6) is 0 Å². The minimum Gasteiger partial charge on any atom is -0.350 e. The minimum absolute atomic E-state index is 0.0174. The molecule has 1 amide bonds. The van der Waals surface area contributed by atoms with E-state index in [1.165, 1.54) is 37.0 Å². The third-order valence-corrected chi connectivity index (χ3v) is 7.61. The van der Waals surface area contributed by atoms with Gasteiger partial charge in [-0.15, -0.1) is 11.3 Å². The van der Waals surface area contributed by atoms with E-state index in [1.807, 2.05) is 11.3 Å². The second-order valence-corrected chi connectivity index (χ2v) is 9.61. The van der Waals surface area contributed by atoms with Crippen LogP contribution in [0.1, 0.15) is 71.1 Å². The summed E-state index contributed by atoms with van der Waals surface area (Å²) >= 11 is 2.04. The van der Waals surface area contributed by atoms with Crippen molar-refractivity contribution >= 4 is 17.2 Å². The molecule has 1 aliphatic carbocycles. The highest BCUT2D eigenvalue weighted by Gasteiger charge is 2.22. The molecular weight excluding hydrogens is 368 g/mol. The minimum atomic E-state index is -0.0174. The predicted octanol–water partition coefficient (Wildman–Crippen LogP) is 4.17. The summed E-state index contributed by atoms with van der Waals surface area (Å²) in [7, 11) is 1.80. The van der Waals surface area contributed by atoms with E-state index >= 15 is 0 Å². The lowest BCUT2D eigenvalue weighted by Crippen LogP contribution is -2.38. The van der Waals surface area contributed by atoms with E-state index in [0.29, 0.717) is 11.6 Å². The molecule has 0 bridgehead atoms. The van der Waals surface area contributed by atoms with Crippen LogP contribution in [0.25, 0.3) is 0 Å². The summed E-state index contributed by atoms with van der Waals surface area (Å²) in [5.41, 5.74) is 0.629. The SMILES string of the molecule is Cn1nccc1C(=O)NCC1CCN(Cc2ccc(C3CCCCC3)s2)CC1. The Morgan fingerprint density at radius 2 is 1.93 bits per heavy atom. The van der Waals surface area contributed by atoms with Crippen molar-refractivity contribution in [3.8, 4) is 0 Å². The van der Waals surface area contributed by atoms with Gasteiger partial charge >= 0.3 is 0 Å². The molecule has 1 saturated carbocycles. The van der Waals surface area contributed by atoms with E-state index in [1.54, 1.807) is 28.9 Å². The standard InChI is InChI=1S/C22H32N4OS/c1-25-20(9-12-24-25)22(27)23-15-17-10-13-26(14-11-17)16-19-7-8-21(28-19)18-5-3-2-4-6-18/h7-9,12,17-18H,2-6,10-11,13-16H2,1H3,(H,23,27). The fourth-order valence-corrected chi connectivity index (χ4v) is 5.80. The van der Waals surface area contributed by atoms with Crippen LogP contribution in [0.15, 0.2) is 24.4 Å². The molecule has 5 nitrogen and oxygen atoms in total. The van der Waals surface area contributed by atoms with E-state index < -0.39 is 0 Å². The predicted molar refractivity (Wildman–Crippen MR) is 114 cm³/mol. The normalized spacial score (nSPS) is 19.8. The summed E-state index contributed by atoms with van der Waals surface area (Å²) < 4.78 is 1.63. The summed E-state index contributed by atoms with van der Waals surface area (Å²) in [6.45, 7) is 4.11. The highest BCUT2D eigenvalue weighted by atomic mass is 32.1. The van der Waals surface area contributed by atoms with Gasteiger partial charge in [-0.1, -0.05) is 19.3 Å². The van der Waals surface area contributed by atoms with Crippen molar-refractivity contribution in [2.75, 3.05) is 19.6 Å². The average Bonchev–Trinajstić information content (AvgIpc) is 3.37. The second-order valence-electron chi connectivity index (χ2n) is 8.41. The maximum absolute atomic E-state index is 12.2. The van der Waals surface area contributed by atoms with E-state index in [-0.39, 0.29) is 5.91 Å². The maximum atomic E-state index is 12.2. The Kier molecular flexibility index (Phi) is 6.47.